The molecule has 1 fully saturated rings. The summed E-state index contributed by atoms with van der Waals surface area (Å²) < 4.78 is 0. The summed E-state index contributed by atoms with van der Waals surface area (Å²) in [6.07, 6.45) is 2.25. The lowest BCUT2D eigenvalue weighted by Crippen LogP contribution is -2.39. The molecule has 1 aromatic heterocycles. The number of anilines is 2. The van der Waals surface area contributed by atoms with Crippen LogP contribution in [0.2, 0.25) is 0 Å². The van der Waals surface area contributed by atoms with Crippen molar-refractivity contribution in [3.05, 3.63) is 46.9 Å². The van der Waals surface area contributed by atoms with Crippen LogP contribution in [0.1, 0.15) is 47.2 Å². The second-order valence-electron chi connectivity index (χ2n) is 7.13. The van der Waals surface area contributed by atoms with E-state index in [9.17, 15) is 4.79 Å². The predicted molar refractivity (Wildman–Crippen MR) is 100 cm³/mol. The molecule has 1 unspecified atom stereocenters. The molecule has 1 atom stereocenters. The monoisotopic (exact) mass is 338 g/mol. The van der Waals surface area contributed by atoms with Crippen LogP contribution in [-0.2, 0) is 0 Å². The minimum atomic E-state index is 0.000674. The van der Waals surface area contributed by atoms with E-state index in [1.54, 1.807) is 6.07 Å². The van der Waals surface area contributed by atoms with E-state index >= 15 is 0 Å². The van der Waals surface area contributed by atoms with Crippen LogP contribution in [0.15, 0.2) is 24.3 Å². The summed E-state index contributed by atoms with van der Waals surface area (Å²) >= 11 is 0. The van der Waals surface area contributed by atoms with Crippen LogP contribution in [0.4, 0.5) is 11.5 Å². The molecule has 0 spiro atoms. The maximum absolute atomic E-state index is 12.8. The van der Waals surface area contributed by atoms with Crippen molar-refractivity contribution in [3.8, 4) is 0 Å². The Kier molecular flexibility index (Phi) is 5.02. The summed E-state index contributed by atoms with van der Waals surface area (Å²) in [6.45, 7) is 9.76. The Morgan fingerprint density at radius 2 is 2.00 bits per heavy atom. The van der Waals surface area contributed by atoms with Crippen molar-refractivity contribution in [2.75, 3.05) is 18.4 Å². The van der Waals surface area contributed by atoms with Gasteiger partial charge in [-0.3, -0.25) is 4.79 Å². The van der Waals surface area contributed by atoms with Gasteiger partial charge in [-0.1, -0.05) is 24.6 Å². The van der Waals surface area contributed by atoms with Crippen LogP contribution in [0.5, 0.6) is 0 Å². The Morgan fingerprint density at radius 1 is 1.20 bits per heavy atom. The number of piperidine rings is 1. The summed E-state index contributed by atoms with van der Waals surface area (Å²) in [4.78, 5) is 23.5. The van der Waals surface area contributed by atoms with Crippen molar-refractivity contribution in [3.63, 3.8) is 0 Å². The van der Waals surface area contributed by atoms with E-state index in [-0.39, 0.29) is 5.91 Å². The third-order valence-electron chi connectivity index (χ3n) is 4.65. The van der Waals surface area contributed by atoms with Crippen LogP contribution in [0.3, 0.4) is 0 Å². The van der Waals surface area contributed by atoms with Gasteiger partial charge in [-0.05, 0) is 51.2 Å². The first-order valence-corrected chi connectivity index (χ1v) is 8.91. The van der Waals surface area contributed by atoms with Crippen LogP contribution in [-0.4, -0.2) is 33.9 Å². The number of likely N-dealkylation sites (tertiary alicyclic amines) is 1. The summed E-state index contributed by atoms with van der Waals surface area (Å²) in [7, 11) is 0. The molecule has 0 aliphatic carbocycles. The minimum Gasteiger partial charge on any atom is -0.340 e. The first kappa shape index (κ1) is 17.4. The molecular weight excluding hydrogens is 312 g/mol. The number of hydrogen-bond donors (Lipinski definition) is 1. The fraction of sp³-hybridized carbons (Fsp3) is 0.450. The summed E-state index contributed by atoms with van der Waals surface area (Å²) in [5, 5.41) is 3.33. The Labute approximate surface area is 149 Å². The average Bonchev–Trinajstić information content (AvgIpc) is 2.56. The molecule has 1 saturated heterocycles. The fourth-order valence-corrected chi connectivity index (χ4v) is 3.37. The Hall–Kier alpha value is -2.43. The van der Waals surface area contributed by atoms with Crippen molar-refractivity contribution < 1.29 is 4.79 Å². The van der Waals surface area contributed by atoms with Gasteiger partial charge < -0.3 is 10.2 Å². The Morgan fingerprint density at radius 3 is 2.72 bits per heavy atom. The molecule has 0 radical (unpaired) electrons. The molecule has 5 nitrogen and oxygen atoms in total. The van der Waals surface area contributed by atoms with Crippen LogP contribution in [0.25, 0.3) is 0 Å². The van der Waals surface area contributed by atoms with Crippen molar-refractivity contribution >= 4 is 17.4 Å². The van der Waals surface area contributed by atoms with Crippen molar-refractivity contribution in [1.29, 1.82) is 0 Å². The molecule has 5 heteroatoms. The van der Waals surface area contributed by atoms with E-state index in [1.807, 2.05) is 17.9 Å². The fourth-order valence-electron chi connectivity index (χ4n) is 3.37. The summed E-state index contributed by atoms with van der Waals surface area (Å²) in [5.41, 5.74) is 3.83. The number of nitrogens with one attached hydrogen (secondary N) is 1. The molecule has 25 heavy (non-hydrogen) atoms. The third-order valence-corrected chi connectivity index (χ3v) is 4.65. The highest BCUT2D eigenvalue weighted by molar-refractivity contribution is 5.93. The molecule has 0 saturated carbocycles. The van der Waals surface area contributed by atoms with Gasteiger partial charge >= 0.3 is 0 Å². The lowest BCUT2D eigenvalue weighted by atomic mass is 10.00. The minimum absolute atomic E-state index is 0.000674. The van der Waals surface area contributed by atoms with Gasteiger partial charge in [0.2, 0.25) is 0 Å². The smallest absolute Gasteiger partial charge is 0.272 e. The average molecular weight is 338 g/mol. The van der Waals surface area contributed by atoms with E-state index in [0.717, 1.165) is 30.8 Å². The van der Waals surface area contributed by atoms with Gasteiger partial charge in [0, 0.05) is 24.8 Å². The highest BCUT2D eigenvalue weighted by Gasteiger charge is 2.23. The van der Waals surface area contributed by atoms with Gasteiger partial charge in [-0.25, -0.2) is 9.97 Å². The molecule has 132 valence electrons. The predicted octanol–water partition coefficient (Wildman–Crippen LogP) is 4.02. The Balaban J connectivity index is 1.83. The Bertz CT molecular complexity index is 787. The van der Waals surface area contributed by atoms with E-state index in [4.69, 9.17) is 0 Å². The number of nitrogens with zero attached hydrogens (tertiary/aromatic N) is 3. The second-order valence-corrected chi connectivity index (χ2v) is 7.13. The number of aryl methyl sites for hydroxylation is 3. The number of carbonyl (C=O) groups excluding carboxylic acids is 1. The van der Waals surface area contributed by atoms with Crippen LogP contribution in [0, 0.1) is 26.7 Å². The molecule has 2 aromatic rings. The summed E-state index contributed by atoms with van der Waals surface area (Å²) in [6, 6.07) is 7.98. The second kappa shape index (κ2) is 7.21. The molecule has 0 bridgehead atoms. The van der Waals surface area contributed by atoms with Gasteiger partial charge in [-0.2, -0.15) is 0 Å². The SMILES string of the molecule is Cc1ccc(Nc2cc(C(=O)N3CCCC(C)C3)nc(C)n2)c(C)c1. The largest absolute Gasteiger partial charge is 0.340 e. The van der Waals surface area contributed by atoms with Gasteiger partial charge in [0.05, 0.1) is 0 Å². The van der Waals surface area contributed by atoms with Crippen molar-refractivity contribution in [2.45, 2.75) is 40.5 Å². The lowest BCUT2D eigenvalue weighted by Gasteiger charge is -2.30. The van der Waals surface area contributed by atoms with Crippen LogP contribution >= 0.6 is 0 Å². The molecule has 1 aliphatic heterocycles. The molecule has 1 amide bonds. The van der Waals surface area contributed by atoms with Gasteiger partial charge in [0.1, 0.15) is 17.3 Å². The van der Waals surface area contributed by atoms with Gasteiger partial charge in [-0.15, -0.1) is 0 Å². The maximum atomic E-state index is 12.8. The molecule has 3 rings (SSSR count). The molecule has 1 N–H and O–H groups in total. The van der Waals surface area contributed by atoms with E-state index < -0.39 is 0 Å². The molecule has 1 aliphatic rings. The number of rotatable bonds is 3. The highest BCUT2D eigenvalue weighted by atomic mass is 16.2. The lowest BCUT2D eigenvalue weighted by molar-refractivity contribution is 0.0676. The standard InChI is InChI=1S/C20H26N4O/c1-13-7-8-17(15(3)10-13)23-19-11-18(21-16(4)22-19)20(25)24-9-5-6-14(2)12-24/h7-8,10-11,14H,5-6,9,12H2,1-4H3,(H,21,22,23). The number of carbonyl (C=O) groups is 1. The van der Waals surface area contributed by atoms with Gasteiger partial charge in [0.15, 0.2) is 0 Å². The first-order chi connectivity index (χ1) is 11.9. The number of benzene rings is 1. The van der Waals surface area contributed by atoms with Gasteiger partial charge in [0.25, 0.3) is 5.91 Å². The van der Waals surface area contributed by atoms with Crippen LogP contribution < -0.4 is 5.32 Å². The zero-order valence-electron chi connectivity index (χ0n) is 15.5. The maximum Gasteiger partial charge on any atom is 0.272 e. The zero-order valence-corrected chi connectivity index (χ0v) is 15.5. The number of amides is 1. The van der Waals surface area contributed by atoms with E-state index in [0.29, 0.717) is 23.3 Å². The summed E-state index contributed by atoms with van der Waals surface area (Å²) in [5.74, 6) is 1.81. The molecular formula is C20H26N4O. The normalized spacial score (nSPS) is 17.4. The molecule has 1 aromatic carbocycles. The van der Waals surface area contributed by atoms with Crippen molar-refractivity contribution in [1.82, 2.24) is 14.9 Å². The third kappa shape index (κ3) is 4.16. The number of aromatic nitrogens is 2. The highest BCUT2D eigenvalue weighted by Crippen LogP contribution is 2.22. The quantitative estimate of drug-likeness (QED) is 0.918. The topological polar surface area (TPSA) is 58.1 Å². The first-order valence-electron chi connectivity index (χ1n) is 8.91. The van der Waals surface area contributed by atoms with Crippen molar-refractivity contribution in [2.24, 2.45) is 5.92 Å². The number of hydrogen-bond acceptors (Lipinski definition) is 4. The van der Waals surface area contributed by atoms with E-state index in [1.165, 1.54) is 12.0 Å². The zero-order chi connectivity index (χ0) is 18.0. The van der Waals surface area contributed by atoms with E-state index in [2.05, 4.69) is 48.2 Å². The molecule has 2 heterocycles.